The van der Waals surface area contributed by atoms with Gasteiger partial charge in [-0.15, -0.1) is 0 Å². The van der Waals surface area contributed by atoms with E-state index in [1.54, 1.807) is 25.3 Å². The van der Waals surface area contributed by atoms with E-state index < -0.39 is 6.04 Å². The lowest BCUT2D eigenvalue weighted by Gasteiger charge is -2.22. The number of carbonyl (C=O) groups is 2. The van der Waals surface area contributed by atoms with Gasteiger partial charge in [0.2, 0.25) is 5.91 Å². The zero-order valence-electron chi connectivity index (χ0n) is 17.2. The van der Waals surface area contributed by atoms with E-state index in [-0.39, 0.29) is 18.2 Å². The molecule has 0 radical (unpaired) electrons. The third-order valence-electron chi connectivity index (χ3n) is 5.84. The minimum atomic E-state index is -0.524. The predicted octanol–water partition coefficient (Wildman–Crippen LogP) is 3.18. The van der Waals surface area contributed by atoms with Gasteiger partial charge in [0.25, 0.3) is 5.91 Å². The lowest BCUT2D eigenvalue weighted by atomic mass is 10.2. The highest BCUT2D eigenvalue weighted by Gasteiger charge is 2.42. The summed E-state index contributed by atoms with van der Waals surface area (Å²) in [6.07, 6.45) is 1.30. The number of imide groups is 1. The van der Waals surface area contributed by atoms with Gasteiger partial charge in [0.05, 0.1) is 38.9 Å². The summed E-state index contributed by atoms with van der Waals surface area (Å²) in [4.78, 5) is 28.8. The predicted molar refractivity (Wildman–Crippen MR) is 107 cm³/mol. The Labute approximate surface area is 170 Å². The summed E-state index contributed by atoms with van der Waals surface area (Å²) in [7, 11) is 4.90. The Hall–Kier alpha value is -2.80. The van der Waals surface area contributed by atoms with Crippen LogP contribution in [0.2, 0.25) is 0 Å². The largest absolute Gasteiger partial charge is 0.493 e. The Kier molecular flexibility index (Phi) is 5.08. The third kappa shape index (κ3) is 3.62. The number of hydrogen-bond acceptors (Lipinski definition) is 6. The lowest BCUT2D eigenvalue weighted by Crippen LogP contribution is -2.39. The van der Waals surface area contributed by atoms with Crippen LogP contribution in [0.1, 0.15) is 37.2 Å². The Morgan fingerprint density at radius 3 is 2.52 bits per heavy atom. The standard InChI is InChI=1S/C22H26N2O5/c1-13-9-16(13)18-8-6-15(29-18)12-23(2)17-11-21(25)24(22(17)26)14-5-7-19(27-3)20(10-14)28-4/h5-8,10,13,16-17H,9,11-12H2,1-4H3/t13-,16+,17+/m1/s1. The van der Waals surface area contributed by atoms with Gasteiger partial charge in [-0.05, 0) is 43.7 Å². The molecular formula is C22H26N2O5. The van der Waals surface area contributed by atoms with Gasteiger partial charge >= 0.3 is 0 Å². The molecule has 2 aromatic rings. The van der Waals surface area contributed by atoms with Gasteiger partial charge in [-0.3, -0.25) is 14.5 Å². The van der Waals surface area contributed by atoms with Gasteiger partial charge in [0, 0.05) is 12.0 Å². The van der Waals surface area contributed by atoms with Crippen LogP contribution in [0.25, 0.3) is 0 Å². The molecule has 1 saturated carbocycles. The summed E-state index contributed by atoms with van der Waals surface area (Å²) in [6.45, 7) is 2.69. The zero-order valence-corrected chi connectivity index (χ0v) is 17.2. The average Bonchev–Trinajstić information content (AvgIpc) is 3.12. The van der Waals surface area contributed by atoms with Crippen molar-refractivity contribution in [1.82, 2.24) is 4.90 Å². The number of hydrogen-bond donors (Lipinski definition) is 0. The summed E-state index contributed by atoms with van der Waals surface area (Å²) < 4.78 is 16.5. The summed E-state index contributed by atoms with van der Waals surface area (Å²) in [5, 5.41) is 0. The minimum Gasteiger partial charge on any atom is -0.493 e. The number of carbonyl (C=O) groups excluding carboxylic acids is 2. The SMILES string of the molecule is COc1ccc(N2C(=O)C[C@H](N(C)Cc3ccc([C@H]4C[C@H]4C)o3)C2=O)cc1OC. The zero-order chi connectivity index (χ0) is 20.7. The van der Waals surface area contributed by atoms with Crippen molar-refractivity contribution in [2.45, 2.75) is 38.3 Å². The number of furan rings is 1. The molecule has 2 amide bonds. The fourth-order valence-corrected chi connectivity index (χ4v) is 3.95. The molecule has 0 spiro atoms. The molecular weight excluding hydrogens is 372 g/mol. The topological polar surface area (TPSA) is 72.2 Å². The van der Waals surface area contributed by atoms with Gasteiger partial charge < -0.3 is 13.9 Å². The van der Waals surface area contributed by atoms with Gasteiger partial charge in [-0.2, -0.15) is 0 Å². The van der Waals surface area contributed by atoms with Crippen LogP contribution in [0.15, 0.2) is 34.7 Å². The Morgan fingerprint density at radius 2 is 1.86 bits per heavy atom. The van der Waals surface area contributed by atoms with E-state index >= 15 is 0 Å². The fourth-order valence-electron chi connectivity index (χ4n) is 3.95. The molecule has 1 aliphatic carbocycles. The summed E-state index contributed by atoms with van der Waals surface area (Å²) in [6, 6.07) is 8.49. The number of rotatable bonds is 7. The molecule has 0 unspecified atom stereocenters. The Balaban J connectivity index is 1.48. The van der Waals surface area contributed by atoms with Gasteiger partial charge in [0.1, 0.15) is 11.5 Å². The number of methoxy groups -OCH3 is 2. The summed E-state index contributed by atoms with van der Waals surface area (Å²) in [5.41, 5.74) is 0.483. The Bertz CT molecular complexity index is 937. The van der Waals surface area contributed by atoms with E-state index in [1.165, 1.54) is 18.4 Å². The summed E-state index contributed by atoms with van der Waals surface area (Å²) >= 11 is 0. The van der Waals surface area contributed by atoms with Gasteiger partial charge in [-0.1, -0.05) is 6.92 Å². The van der Waals surface area contributed by atoms with Crippen LogP contribution in [0, 0.1) is 5.92 Å². The van der Waals surface area contributed by atoms with Crippen LogP contribution in [0.3, 0.4) is 0 Å². The highest BCUT2D eigenvalue weighted by Crippen LogP contribution is 2.47. The first-order valence-electron chi connectivity index (χ1n) is 9.80. The number of likely N-dealkylation sites (N-methyl/N-ethyl adjacent to an activating group) is 1. The maximum atomic E-state index is 13.0. The molecule has 29 heavy (non-hydrogen) atoms. The van der Waals surface area contributed by atoms with Crippen LogP contribution in [0.4, 0.5) is 5.69 Å². The van der Waals surface area contributed by atoms with E-state index in [0.717, 1.165) is 11.5 Å². The number of ether oxygens (including phenoxy) is 2. The molecule has 154 valence electrons. The van der Waals surface area contributed by atoms with Crippen molar-refractivity contribution in [3.05, 3.63) is 41.9 Å². The first-order valence-corrected chi connectivity index (χ1v) is 9.80. The molecule has 1 aromatic carbocycles. The van der Waals surface area contributed by atoms with Crippen molar-refractivity contribution >= 4 is 17.5 Å². The van der Waals surface area contributed by atoms with Crippen LogP contribution in [-0.4, -0.2) is 44.0 Å². The molecule has 4 rings (SSSR count). The van der Waals surface area contributed by atoms with Crippen LogP contribution >= 0.6 is 0 Å². The van der Waals surface area contributed by atoms with Crippen molar-refractivity contribution in [2.24, 2.45) is 5.92 Å². The van der Waals surface area contributed by atoms with Crippen LogP contribution < -0.4 is 14.4 Å². The second kappa shape index (κ2) is 7.55. The fraction of sp³-hybridized carbons (Fsp3) is 0.455. The van der Waals surface area contributed by atoms with E-state index in [9.17, 15) is 9.59 Å². The molecule has 1 saturated heterocycles. The molecule has 7 nitrogen and oxygen atoms in total. The van der Waals surface area contributed by atoms with E-state index in [0.29, 0.717) is 35.6 Å². The molecule has 1 aromatic heterocycles. The molecule has 2 heterocycles. The highest BCUT2D eigenvalue weighted by atomic mass is 16.5. The normalized spacial score (nSPS) is 23.8. The Morgan fingerprint density at radius 1 is 1.14 bits per heavy atom. The van der Waals surface area contributed by atoms with Crippen LogP contribution in [0.5, 0.6) is 11.5 Å². The smallest absolute Gasteiger partial charge is 0.251 e. The number of benzene rings is 1. The van der Waals surface area contributed by atoms with Crippen LogP contribution in [-0.2, 0) is 16.1 Å². The van der Waals surface area contributed by atoms with Crippen molar-refractivity contribution in [2.75, 3.05) is 26.2 Å². The van der Waals surface area contributed by atoms with E-state index in [2.05, 4.69) is 6.92 Å². The van der Waals surface area contributed by atoms with E-state index in [1.807, 2.05) is 24.1 Å². The summed E-state index contributed by atoms with van der Waals surface area (Å²) in [5.74, 6) is 3.56. The lowest BCUT2D eigenvalue weighted by molar-refractivity contribution is -0.122. The van der Waals surface area contributed by atoms with Crippen molar-refractivity contribution < 1.29 is 23.5 Å². The first-order chi connectivity index (χ1) is 13.9. The van der Waals surface area contributed by atoms with E-state index in [4.69, 9.17) is 13.9 Å². The van der Waals surface area contributed by atoms with Crippen molar-refractivity contribution in [1.29, 1.82) is 0 Å². The van der Waals surface area contributed by atoms with Crippen molar-refractivity contribution in [3.63, 3.8) is 0 Å². The quantitative estimate of drug-likeness (QED) is 0.667. The first kappa shape index (κ1) is 19.5. The third-order valence-corrected chi connectivity index (χ3v) is 5.84. The van der Waals surface area contributed by atoms with Crippen molar-refractivity contribution in [3.8, 4) is 11.5 Å². The maximum absolute atomic E-state index is 13.0. The maximum Gasteiger partial charge on any atom is 0.251 e. The van der Waals surface area contributed by atoms with Gasteiger partial charge in [-0.25, -0.2) is 4.90 Å². The van der Waals surface area contributed by atoms with Gasteiger partial charge in [0.15, 0.2) is 11.5 Å². The molecule has 2 aliphatic rings. The molecule has 7 heteroatoms. The monoisotopic (exact) mass is 398 g/mol. The molecule has 0 bridgehead atoms. The number of anilines is 1. The molecule has 2 fully saturated rings. The minimum absolute atomic E-state index is 0.136. The molecule has 0 N–H and O–H groups in total. The molecule has 3 atom stereocenters. The second-order valence-electron chi connectivity index (χ2n) is 7.87. The highest BCUT2D eigenvalue weighted by molar-refractivity contribution is 6.22. The average molecular weight is 398 g/mol. The number of amides is 2. The number of nitrogens with zero attached hydrogens (tertiary/aromatic N) is 2. The second-order valence-corrected chi connectivity index (χ2v) is 7.87. The molecule has 1 aliphatic heterocycles.